The van der Waals surface area contributed by atoms with E-state index in [1.54, 1.807) is 7.11 Å². The average molecular weight is 319 g/mol. The standard InChI is InChI=1S/C18H29N3O2/c1-3-4-10-19-11-9-18(22)21-14-12-20(13-15-21)16-7-5-6-8-17(16)23-2/h5-8,19H,3-4,9-15H2,1-2H3. The van der Waals surface area contributed by atoms with Gasteiger partial charge in [-0.3, -0.25) is 4.79 Å². The summed E-state index contributed by atoms with van der Waals surface area (Å²) < 4.78 is 5.43. The monoisotopic (exact) mass is 319 g/mol. The van der Waals surface area contributed by atoms with Crippen molar-refractivity contribution in [2.45, 2.75) is 26.2 Å². The van der Waals surface area contributed by atoms with Gasteiger partial charge >= 0.3 is 0 Å². The van der Waals surface area contributed by atoms with E-state index in [0.717, 1.165) is 50.7 Å². The van der Waals surface area contributed by atoms with Crippen LogP contribution in [0, 0.1) is 0 Å². The van der Waals surface area contributed by atoms with E-state index >= 15 is 0 Å². The molecule has 0 aromatic heterocycles. The van der Waals surface area contributed by atoms with Gasteiger partial charge in [0.1, 0.15) is 5.75 Å². The molecule has 0 spiro atoms. The minimum Gasteiger partial charge on any atom is -0.495 e. The summed E-state index contributed by atoms with van der Waals surface area (Å²) in [6.07, 6.45) is 2.95. The lowest BCUT2D eigenvalue weighted by molar-refractivity contribution is -0.131. The largest absolute Gasteiger partial charge is 0.495 e. The van der Waals surface area contributed by atoms with Crippen LogP contribution < -0.4 is 15.0 Å². The minimum atomic E-state index is 0.258. The van der Waals surface area contributed by atoms with Crippen molar-refractivity contribution in [3.05, 3.63) is 24.3 Å². The van der Waals surface area contributed by atoms with Crippen LogP contribution >= 0.6 is 0 Å². The number of nitrogens with one attached hydrogen (secondary N) is 1. The number of unbranched alkanes of at least 4 members (excludes halogenated alkanes) is 1. The van der Waals surface area contributed by atoms with Crippen LogP contribution in [-0.2, 0) is 4.79 Å². The number of anilines is 1. The predicted molar refractivity (Wildman–Crippen MR) is 94.2 cm³/mol. The van der Waals surface area contributed by atoms with Gasteiger partial charge in [0.15, 0.2) is 0 Å². The Morgan fingerprint density at radius 2 is 1.91 bits per heavy atom. The van der Waals surface area contributed by atoms with Crippen LogP contribution in [-0.4, -0.2) is 57.2 Å². The first-order chi connectivity index (χ1) is 11.3. The van der Waals surface area contributed by atoms with E-state index < -0.39 is 0 Å². The van der Waals surface area contributed by atoms with Gasteiger partial charge in [0.2, 0.25) is 5.91 Å². The number of para-hydroxylation sites is 2. The summed E-state index contributed by atoms with van der Waals surface area (Å²) in [6, 6.07) is 8.06. The number of methoxy groups -OCH3 is 1. The zero-order valence-electron chi connectivity index (χ0n) is 14.4. The van der Waals surface area contributed by atoms with Crippen LogP contribution in [0.4, 0.5) is 5.69 Å². The highest BCUT2D eigenvalue weighted by atomic mass is 16.5. The van der Waals surface area contributed by atoms with Crippen LogP contribution in [0.3, 0.4) is 0 Å². The number of piperazine rings is 1. The lowest BCUT2D eigenvalue weighted by Crippen LogP contribution is -2.49. The van der Waals surface area contributed by atoms with Crippen molar-refractivity contribution in [1.82, 2.24) is 10.2 Å². The fourth-order valence-electron chi connectivity index (χ4n) is 2.87. The van der Waals surface area contributed by atoms with Crippen LogP contribution in [0.1, 0.15) is 26.2 Å². The van der Waals surface area contributed by atoms with Crippen molar-refractivity contribution in [1.29, 1.82) is 0 Å². The van der Waals surface area contributed by atoms with Gasteiger partial charge in [0, 0.05) is 39.1 Å². The molecule has 1 fully saturated rings. The maximum atomic E-state index is 12.2. The van der Waals surface area contributed by atoms with Gasteiger partial charge < -0.3 is 19.9 Å². The lowest BCUT2D eigenvalue weighted by atomic mass is 10.2. The number of carbonyl (C=O) groups excluding carboxylic acids is 1. The Kier molecular flexibility index (Phi) is 7.20. The third-order valence-electron chi connectivity index (χ3n) is 4.28. The summed E-state index contributed by atoms with van der Waals surface area (Å²) >= 11 is 0. The number of nitrogens with zero attached hydrogens (tertiary/aromatic N) is 2. The highest BCUT2D eigenvalue weighted by Gasteiger charge is 2.22. The highest BCUT2D eigenvalue weighted by molar-refractivity contribution is 5.76. The van der Waals surface area contributed by atoms with Gasteiger partial charge in [-0.1, -0.05) is 25.5 Å². The zero-order chi connectivity index (χ0) is 16.5. The van der Waals surface area contributed by atoms with Crippen molar-refractivity contribution in [2.75, 3.05) is 51.3 Å². The molecule has 1 saturated heterocycles. The molecule has 1 aromatic rings. The average Bonchev–Trinajstić information content (AvgIpc) is 2.61. The normalized spacial score (nSPS) is 14.9. The molecular weight excluding hydrogens is 290 g/mol. The van der Waals surface area contributed by atoms with Gasteiger partial charge in [-0.15, -0.1) is 0 Å². The van der Waals surface area contributed by atoms with Crippen molar-refractivity contribution >= 4 is 11.6 Å². The van der Waals surface area contributed by atoms with Gasteiger partial charge in [0.25, 0.3) is 0 Å². The summed E-state index contributed by atoms with van der Waals surface area (Å²) in [4.78, 5) is 16.5. The Morgan fingerprint density at radius 3 is 2.61 bits per heavy atom. The molecule has 0 saturated carbocycles. The molecule has 0 unspecified atom stereocenters. The van der Waals surface area contributed by atoms with E-state index in [9.17, 15) is 4.79 Å². The molecule has 1 aliphatic heterocycles. The number of ether oxygens (including phenoxy) is 1. The summed E-state index contributed by atoms with van der Waals surface area (Å²) in [7, 11) is 1.70. The van der Waals surface area contributed by atoms with E-state index in [0.29, 0.717) is 6.42 Å². The summed E-state index contributed by atoms with van der Waals surface area (Å²) in [5, 5.41) is 3.33. The van der Waals surface area contributed by atoms with E-state index in [1.807, 2.05) is 23.1 Å². The third-order valence-corrected chi connectivity index (χ3v) is 4.28. The molecule has 0 atom stereocenters. The first kappa shape index (κ1) is 17.6. The van der Waals surface area contributed by atoms with Crippen molar-refractivity contribution in [2.24, 2.45) is 0 Å². The van der Waals surface area contributed by atoms with Crippen molar-refractivity contribution in [3.63, 3.8) is 0 Å². The van der Waals surface area contributed by atoms with Crippen LogP contribution in [0.25, 0.3) is 0 Å². The molecule has 2 rings (SSSR count). The second kappa shape index (κ2) is 9.40. The predicted octanol–water partition coefficient (Wildman–Crippen LogP) is 2.12. The van der Waals surface area contributed by atoms with Crippen molar-refractivity contribution in [3.8, 4) is 5.75 Å². The fraction of sp³-hybridized carbons (Fsp3) is 0.611. The van der Waals surface area contributed by atoms with E-state index in [-0.39, 0.29) is 5.91 Å². The van der Waals surface area contributed by atoms with E-state index in [2.05, 4.69) is 23.2 Å². The van der Waals surface area contributed by atoms with E-state index in [1.165, 1.54) is 12.8 Å². The van der Waals surface area contributed by atoms with Gasteiger partial charge in [-0.2, -0.15) is 0 Å². The Balaban J connectivity index is 1.76. The van der Waals surface area contributed by atoms with E-state index in [4.69, 9.17) is 4.74 Å². The molecule has 0 bridgehead atoms. The zero-order valence-corrected chi connectivity index (χ0v) is 14.4. The smallest absolute Gasteiger partial charge is 0.223 e. The first-order valence-electron chi connectivity index (χ1n) is 8.62. The second-order valence-electron chi connectivity index (χ2n) is 5.89. The van der Waals surface area contributed by atoms with Crippen LogP contribution in [0.2, 0.25) is 0 Å². The van der Waals surface area contributed by atoms with Gasteiger partial charge in [0.05, 0.1) is 12.8 Å². The third kappa shape index (κ3) is 5.13. The highest BCUT2D eigenvalue weighted by Crippen LogP contribution is 2.28. The Bertz CT molecular complexity index is 485. The maximum absolute atomic E-state index is 12.2. The van der Waals surface area contributed by atoms with Crippen LogP contribution in [0.15, 0.2) is 24.3 Å². The minimum absolute atomic E-state index is 0.258. The molecular formula is C18H29N3O2. The number of benzene rings is 1. The number of hydrogen-bond acceptors (Lipinski definition) is 4. The molecule has 1 aliphatic rings. The number of hydrogen-bond donors (Lipinski definition) is 1. The molecule has 1 aromatic carbocycles. The second-order valence-corrected chi connectivity index (χ2v) is 5.89. The molecule has 0 radical (unpaired) electrons. The van der Waals surface area contributed by atoms with Gasteiger partial charge in [-0.05, 0) is 25.1 Å². The number of rotatable bonds is 8. The number of amides is 1. The Hall–Kier alpha value is -1.75. The topological polar surface area (TPSA) is 44.8 Å². The Morgan fingerprint density at radius 1 is 1.17 bits per heavy atom. The summed E-state index contributed by atoms with van der Waals surface area (Å²) in [5.74, 6) is 1.15. The lowest BCUT2D eigenvalue weighted by Gasteiger charge is -2.36. The van der Waals surface area contributed by atoms with Gasteiger partial charge in [-0.25, -0.2) is 0 Å². The maximum Gasteiger partial charge on any atom is 0.223 e. The molecule has 5 heteroatoms. The Labute approximate surface area is 139 Å². The molecule has 0 aliphatic carbocycles. The quantitative estimate of drug-likeness (QED) is 0.746. The molecule has 128 valence electrons. The molecule has 23 heavy (non-hydrogen) atoms. The fourth-order valence-corrected chi connectivity index (χ4v) is 2.87. The van der Waals surface area contributed by atoms with Crippen molar-refractivity contribution < 1.29 is 9.53 Å². The summed E-state index contributed by atoms with van der Waals surface area (Å²) in [6.45, 7) is 7.24. The van der Waals surface area contributed by atoms with Crippen LogP contribution in [0.5, 0.6) is 5.75 Å². The molecule has 1 N–H and O–H groups in total. The SMILES string of the molecule is CCCCNCCC(=O)N1CCN(c2ccccc2OC)CC1. The molecule has 1 amide bonds. The molecule has 1 heterocycles. The summed E-state index contributed by atoms with van der Waals surface area (Å²) in [5.41, 5.74) is 1.11. The first-order valence-corrected chi connectivity index (χ1v) is 8.62. The molecule has 5 nitrogen and oxygen atoms in total. The number of carbonyl (C=O) groups is 1.